The number of benzene rings is 1. The maximum atomic E-state index is 13.4. The lowest BCUT2D eigenvalue weighted by Crippen LogP contribution is -2.52. The number of aromatic nitrogens is 2. The molecule has 1 aromatic carbocycles. The van der Waals surface area contributed by atoms with E-state index in [1.807, 2.05) is 25.1 Å². The van der Waals surface area contributed by atoms with Crippen LogP contribution in [0.3, 0.4) is 0 Å². The highest BCUT2D eigenvalue weighted by Crippen LogP contribution is 2.48. The Balaban J connectivity index is 1.34. The fraction of sp³-hybridized carbons (Fsp3) is 0.600. The molecule has 0 spiro atoms. The van der Waals surface area contributed by atoms with Gasteiger partial charge in [-0.2, -0.15) is 5.10 Å². The first kappa shape index (κ1) is 21.9. The summed E-state index contributed by atoms with van der Waals surface area (Å²) in [6, 6.07) is 5.49. The topological polar surface area (TPSA) is 110 Å². The molecule has 176 valence electrons. The number of fused-ring (bicyclic) bond motifs is 2. The van der Waals surface area contributed by atoms with Gasteiger partial charge < -0.3 is 16.0 Å². The molecule has 2 heterocycles. The van der Waals surface area contributed by atoms with E-state index in [4.69, 9.17) is 5.73 Å². The molecule has 8 nitrogen and oxygen atoms in total. The van der Waals surface area contributed by atoms with Crippen molar-refractivity contribution in [2.24, 2.45) is 17.1 Å². The molecule has 1 aromatic heterocycles. The third-order valence-electron chi connectivity index (χ3n) is 7.67. The van der Waals surface area contributed by atoms with Crippen molar-refractivity contribution >= 4 is 28.6 Å². The van der Waals surface area contributed by atoms with Crippen LogP contribution in [-0.4, -0.2) is 50.5 Å². The highest BCUT2D eigenvalue weighted by Gasteiger charge is 2.56. The summed E-state index contributed by atoms with van der Waals surface area (Å²) in [7, 11) is 0. The Hall–Kier alpha value is -2.90. The van der Waals surface area contributed by atoms with Gasteiger partial charge >= 0.3 is 0 Å². The zero-order chi connectivity index (χ0) is 23.5. The summed E-state index contributed by atoms with van der Waals surface area (Å²) in [5, 5.41) is 8.24. The summed E-state index contributed by atoms with van der Waals surface area (Å²) < 4.78 is 1.55. The standard InChI is InChI=1S/C25H33N5O3/c1-14-6-7-17-19(9-14)29(28-22(17)23(26)32)13-21(31)30-18-10-15(18)11-20(30)24(33)27-16-5-4-8-25(2,3)12-16/h6-7,9,15-16,18,20H,4-5,8,10-13H2,1-3H3,(H2,26,32)(H,27,33)/t15-,16-,18-,20+/m1/s1. The monoisotopic (exact) mass is 451 g/mol. The first-order valence-electron chi connectivity index (χ1n) is 12.0. The molecule has 33 heavy (non-hydrogen) atoms. The van der Waals surface area contributed by atoms with Gasteiger partial charge in [-0.1, -0.05) is 32.4 Å². The van der Waals surface area contributed by atoms with Gasteiger partial charge in [0.2, 0.25) is 11.8 Å². The van der Waals surface area contributed by atoms with E-state index in [0.29, 0.717) is 16.8 Å². The molecule has 3 aliphatic rings. The third kappa shape index (κ3) is 4.11. The van der Waals surface area contributed by atoms with E-state index in [1.54, 1.807) is 9.58 Å². The Morgan fingerprint density at radius 1 is 1.24 bits per heavy atom. The van der Waals surface area contributed by atoms with Gasteiger partial charge in [0, 0.05) is 17.5 Å². The normalized spacial score (nSPS) is 27.9. The van der Waals surface area contributed by atoms with E-state index in [9.17, 15) is 14.4 Å². The van der Waals surface area contributed by atoms with Crippen LogP contribution in [-0.2, 0) is 16.1 Å². The van der Waals surface area contributed by atoms with E-state index in [-0.39, 0.29) is 41.6 Å². The van der Waals surface area contributed by atoms with E-state index >= 15 is 0 Å². The number of hydrogen-bond acceptors (Lipinski definition) is 4. The number of nitrogens with zero attached hydrogens (tertiary/aromatic N) is 3. The summed E-state index contributed by atoms with van der Waals surface area (Å²) in [5.74, 6) is -0.375. The van der Waals surface area contributed by atoms with Crippen molar-refractivity contribution in [3.05, 3.63) is 29.5 Å². The van der Waals surface area contributed by atoms with Crippen LogP contribution >= 0.6 is 0 Å². The molecule has 2 saturated carbocycles. The van der Waals surface area contributed by atoms with Crippen molar-refractivity contribution in [2.45, 2.75) is 84.0 Å². The van der Waals surface area contributed by atoms with Crippen LogP contribution in [0.2, 0.25) is 0 Å². The zero-order valence-electron chi connectivity index (χ0n) is 19.6. The molecule has 1 aliphatic heterocycles. The third-order valence-corrected chi connectivity index (χ3v) is 7.67. The SMILES string of the molecule is Cc1ccc2c(C(N)=O)nn(CC(=O)N3[C@@H]4C[C@@H]4C[C@H]3C(=O)N[C@@H]3CCCC(C)(C)C3)c2c1. The predicted molar refractivity (Wildman–Crippen MR) is 124 cm³/mol. The van der Waals surface area contributed by atoms with Crippen LogP contribution in [0.4, 0.5) is 0 Å². The van der Waals surface area contributed by atoms with Gasteiger partial charge in [-0.05, 0) is 62.0 Å². The van der Waals surface area contributed by atoms with E-state index < -0.39 is 11.9 Å². The maximum Gasteiger partial charge on any atom is 0.269 e. The Labute approximate surface area is 193 Å². The fourth-order valence-electron chi connectivity index (χ4n) is 5.96. The number of amides is 3. The molecule has 0 bridgehead atoms. The zero-order valence-corrected chi connectivity index (χ0v) is 19.6. The highest BCUT2D eigenvalue weighted by molar-refractivity contribution is 6.04. The van der Waals surface area contributed by atoms with Crippen LogP contribution in [0.1, 0.15) is 68.4 Å². The van der Waals surface area contributed by atoms with Crippen molar-refractivity contribution in [1.29, 1.82) is 0 Å². The fourth-order valence-corrected chi connectivity index (χ4v) is 5.96. The number of nitrogens with one attached hydrogen (secondary N) is 1. The molecule has 3 amide bonds. The number of likely N-dealkylation sites (tertiary alicyclic amines) is 1. The van der Waals surface area contributed by atoms with Crippen molar-refractivity contribution in [3.63, 3.8) is 0 Å². The van der Waals surface area contributed by atoms with Gasteiger partial charge in [-0.25, -0.2) is 0 Å². The van der Waals surface area contributed by atoms with Crippen LogP contribution in [0, 0.1) is 18.3 Å². The Morgan fingerprint density at radius 3 is 2.76 bits per heavy atom. The van der Waals surface area contributed by atoms with Gasteiger partial charge in [0.1, 0.15) is 12.6 Å². The minimum atomic E-state index is -0.619. The van der Waals surface area contributed by atoms with Crippen molar-refractivity contribution in [1.82, 2.24) is 20.0 Å². The number of carbonyl (C=O) groups is 3. The quantitative estimate of drug-likeness (QED) is 0.728. The van der Waals surface area contributed by atoms with E-state index in [1.165, 1.54) is 6.42 Å². The van der Waals surface area contributed by atoms with Crippen LogP contribution in [0.25, 0.3) is 10.9 Å². The molecule has 3 fully saturated rings. The van der Waals surface area contributed by atoms with Gasteiger partial charge in [0.25, 0.3) is 5.91 Å². The van der Waals surface area contributed by atoms with Crippen LogP contribution in [0.5, 0.6) is 0 Å². The average molecular weight is 452 g/mol. The number of primary amides is 1. The molecule has 4 atom stereocenters. The number of carbonyl (C=O) groups excluding carboxylic acids is 3. The first-order chi connectivity index (χ1) is 15.6. The molecule has 2 aliphatic carbocycles. The van der Waals surface area contributed by atoms with Gasteiger partial charge in [0.05, 0.1) is 5.52 Å². The molecule has 0 unspecified atom stereocenters. The molecule has 3 N–H and O–H groups in total. The molecule has 1 saturated heterocycles. The molecular weight excluding hydrogens is 418 g/mol. The van der Waals surface area contributed by atoms with Gasteiger partial charge in [-0.3, -0.25) is 19.1 Å². The largest absolute Gasteiger partial charge is 0.364 e. The lowest BCUT2D eigenvalue weighted by molar-refractivity contribution is -0.140. The molecule has 2 aromatic rings. The van der Waals surface area contributed by atoms with Crippen molar-refractivity contribution < 1.29 is 14.4 Å². The number of hydrogen-bond donors (Lipinski definition) is 2. The number of piperidine rings is 1. The Morgan fingerprint density at radius 2 is 2.03 bits per heavy atom. The molecular formula is C25H33N5O3. The summed E-state index contributed by atoms with van der Waals surface area (Å²) in [5.41, 5.74) is 7.63. The van der Waals surface area contributed by atoms with E-state index in [2.05, 4.69) is 24.3 Å². The summed E-state index contributed by atoms with van der Waals surface area (Å²) in [6.07, 6.45) is 5.95. The second kappa shape index (κ2) is 7.85. The van der Waals surface area contributed by atoms with Gasteiger partial charge in [-0.15, -0.1) is 0 Å². The van der Waals surface area contributed by atoms with Crippen LogP contribution < -0.4 is 11.1 Å². The summed E-state index contributed by atoms with van der Waals surface area (Å²) >= 11 is 0. The number of nitrogens with two attached hydrogens (primary N) is 1. The second-order valence-corrected chi connectivity index (χ2v) is 11.0. The van der Waals surface area contributed by atoms with Crippen molar-refractivity contribution in [3.8, 4) is 0 Å². The minimum Gasteiger partial charge on any atom is -0.364 e. The first-order valence-corrected chi connectivity index (χ1v) is 12.0. The Kier molecular flexibility index (Phi) is 5.21. The highest BCUT2D eigenvalue weighted by atomic mass is 16.2. The number of rotatable bonds is 5. The number of aryl methyl sites for hydroxylation is 1. The Bertz CT molecular complexity index is 1140. The second-order valence-electron chi connectivity index (χ2n) is 11.0. The van der Waals surface area contributed by atoms with E-state index in [0.717, 1.165) is 37.7 Å². The molecule has 5 rings (SSSR count). The lowest BCUT2D eigenvalue weighted by Gasteiger charge is -2.36. The van der Waals surface area contributed by atoms with Gasteiger partial charge in [0.15, 0.2) is 5.69 Å². The smallest absolute Gasteiger partial charge is 0.269 e. The molecule has 0 radical (unpaired) electrons. The van der Waals surface area contributed by atoms with Crippen LogP contribution in [0.15, 0.2) is 18.2 Å². The predicted octanol–water partition coefficient (Wildman–Crippen LogP) is 2.52. The lowest BCUT2D eigenvalue weighted by atomic mass is 9.75. The summed E-state index contributed by atoms with van der Waals surface area (Å²) in [6.45, 7) is 6.44. The van der Waals surface area contributed by atoms with Crippen molar-refractivity contribution in [2.75, 3.05) is 0 Å². The average Bonchev–Trinajstić information content (AvgIpc) is 3.24. The molecule has 8 heteroatoms. The maximum absolute atomic E-state index is 13.4. The summed E-state index contributed by atoms with van der Waals surface area (Å²) in [4.78, 5) is 40.3. The minimum absolute atomic E-state index is 0.0172.